The smallest absolute Gasteiger partial charge is 0.326 e. The molecule has 0 spiro atoms. The lowest BCUT2D eigenvalue weighted by Gasteiger charge is -2.24. The van der Waals surface area contributed by atoms with Crippen molar-refractivity contribution in [2.75, 3.05) is 19.7 Å². The number of nitrogens with one attached hydrogen (secondary N) is 7. The molecule has 22 nitrogen and oxygen atoms in total. The van der Waals surface area contributed by atoms with Gasteiger partial charge in [-0.25, -0.2) is 4.79 Å². The van der Waals surface area contributed by atoms with Crippen LogP contribution in [-0.4, -0.2) is 136 Å². The fourth-order valence-corrected chi connectivity index (χ4v) is 5.26. The molecule has 0 bridgehead atoms. The Morgan fingerprint density at radius 3 is 1.63 bits per heavy atom. The molecular formula is C37H56N8O14. The maximum absolute atomic E-state index is 13.5. The van der Waals surface area contributed by atoms with E-state index in [1.165, 1.54) is 0 Å². The van der Waals surface area contributed by atoms with Gasteiger partial charge in [0.2, 0.25) is 41.4 Å². The number of carboxylic acid groups (broad SMARTS) is 3. The number of carbonyl (C=O) groups is 10. The summed E-state index contributed by atoms with van der Waals surface area (Å²) < 4.78 is 0. The molecule has 7 atom stereocenters. The largest absolute Gasteiger partial charge is 0.481 e. The Labute approximate surface area is 340 Å². The molecule has 59 heavy (non-hydrogen) atoms. The van der Waals surface area contributed by atoms with Gasteiger partial charge in [0.05, 0.1) is 32.2 Å². The van der Waals surface area contributed by atoms with Gasteiger partial charge < -0.3 is 63.4 Å². The van der Waals surface area contributed by atoms with E-state index in [9.17, 15) is 63.3 Å². The van der Waals surface area contributed by atoms with E-state index in [0.717, 1.165) is 0 Å². The molecule has 0 saturated heterocycles. The Morgan fingerprint density at radius 1 is 0.627 bits per heavy atom. The summed E-state index contributed by atoms with van der Waals surface area (Å²) in [5.74, 6) is -11.3. The van der Waals surface area contributed by atoms with Crippen molar-refractivity contribution < 1.29 is 68.4 Å². The van der Waals surface area contributed by atoms with Crippen LogP contribution in [0.15, 0.2) is 30.3 Å². The maximum Gasteiger partial charge on any atom is 0.326 e. The molecule has 0 radical (unpaired) electrons. The minimum Gasteiger partial charge on any atom is -0.481 e. The van der Waals surface area contributed by atoms with Crippen molar-refractivity contribution >= 4 is 59.3 Å². The quantitative estimate of drug-likeness (QED) is 0.0414. The van der Waals surface area contributed by atoms with Crippen molar-refractivity contribution in [3.63, 3.8) is 0 Å². The number of aliphatic carboxylic acids is 3. The Kier molecular flexibility index (Phi) is 22.4. The fraction of sp³-hybridized carbons (Fsp3) is 0.568. The second-order valence-electron chi connectivity index (χ2n) is 14.1. The van der Waals surface area contributed by atoms with E-state index in [0.29, 0.717) is 12.0 Å². The average Bonchev–Trinajstić information content (AvgIpc) is 3.17. The van der Waals surface area contributed by atoms with E-state index in [1.807, 2.05) is 6.92 Å². The van der Waals surface area contributed by atoms with E-state index >= 15 is 0 Å². The normalized spacial score (nSPS) is 14.4. The molecule has 0 aromatic heterocycles. The molecule has 328 valence electrons. The van der Waals surface area contributed by atoms with E-state index < -0.39 is 134 Å². The monoisotopic (exact) mass is 836 g/mol. The van der Waals surface area contributed by atoms with E-state index in [2.05, 4.69) is 37.2 Å². The summed E-state index contributed by atoms with van der Waals surface area (Å²) in [4.78, 5) is 125. The van der Waals surface area contributed by atoms with Crippen molar-refractivity contribution in [2.24, 2.45) is 17.6 Å². The number of benzene rings is 1. The van der Waals surface area contributed by atoms with Crippen molar-refractivity contribution in [2.45, 2.75) is 102 Å². The number of hydrogen-bond donors (Lipinski definition) is 12. The first-order chi connectivity index (χ1) is 27.7. The Bertz CT molecular complexity index is 1640. The van der Waals surface area contributed by atoms with Gasteiger partial charge >= 0.3 is 17.9 Å². The standard InChI is InChI=1S/C37H56N8O14/c1-5-20(4)31(38)36(57)45-26(18-46)33(54)40-16-27(47)41-22(11-12-29(49)50)34(55)43-24(14-21-9-7-6-8-10-21)32(53)39-17-28(48)42-23(13-19(2)3)35(56)44-25(37(58)59)15-30(51)52/h6-10,19-20,22-26,31,46H,5,11-18,38H2,1-4H3,(H,39,53)(H,40,54)(H,41,47)(H,42,48)(H,43,55)(H,44,56)(H,45,57)(H,49,50)(H,51,52)(H,58,59)/t20-,22-,23-,24-,25-,26-,31-/m0/s1. The van der Waals surface area contributed by atoms with Gasteiger partial charge in [-0.15, -0.1) is 0 Å². The number of amides is 7. The summed E-state index contributed by atoms with van der Waals surface area (Å²) in [6.07, 6.45) is -1.56. The highest BCUT2D eigenvalue weighted by Gasteiger charge is 2.31. The highest BCUT2D eigenvalue weighted by atomic mass is 16.4. The number of carboxylic acids is 3. The summed E-state index contributed by atoms with van der Waals surface area (Å²) in [5.41, 5.74) is 6.42. The second-order valence-corrected chi connectivity index (χ2v) is 14.1. The van der Waals surface area contributed by atoms with Crippen LogP contribution < -0.4 is 43.0 Å². The molecule has 22 heteroatoms. The lowest BCUT2D eigenvalue weighted by molar-refractivity contribution is -0.147. The molecule has 1 aromatic rings. The lowest BCUT2D eigenvalue weighted by Crippen LogP contribution is -2.57. The molecule has 7 amide bonds. The molecular weight excluding hydrogens is 780 g/mol. The molecule has 0 heterocycles. The zero-order valence-corrected chi connectivity index (χ0v) is 33.3. The van der Waals surface area contributed by atoms with Crippen LogP contribution >= 0.6 is 0 Å². The van der Waals surface area contributed by atoms with Crippen LogP contribution in [0.5, 0.6) is 0 Å². The third-order valence-corrected chi connectivity index (χ3v) is 8.79. The van der Waals surface area contributed by atoms with Crippen molar-refractivity contribution in [3.8, 4) is 0 Å². The van der Waals surface area contributed by atoms with Crippen molar-refractivity contribution in [1.29, 1.82) is 0 Å². The van der Waals surface area contributed by atoms with Gasteiger partial charge in [-0.1, -0.05) is 64.4 Å². The van der Waals surface area contributed by atoms with Crippen LogP contribution in [0, 0.1) is 11.8 Å². The Morgan fingerprint density at radius 2 is 1.14 bits per heavy atom. The first-order valence-corrected chi connectivity index (χ1v) is 18.8. The van der Waals surface area contributed by atoms with Gasteiger partial charge in [0, 0.05) is 12.8 Å². The predicted octanol–water partition coefficient (Wildman–Crippen LogP) is -3.28. The molecule has 13 N–H and O–H groups in total. The number of nitrogens with two attached hydrogens (primary N) is 1. The van der Waals surface area contributed by atoms with Crippen LogP contribution in [0.25, 0.3) is 0 Å². The molecule has 0 aliphatic heterocycles. The Balaban J connectivity index is 3.11. The Hall–Kier alpha value is -6.16. The summed E-state index contributed by atoms with van der Waals surface area (Å²) >= 11 is 0. The molecule has 1 rings (SSSR count). The van der Waals surface area contributed by atoms with Gasteiger partial charge in [-0.2, -0.15) is 0 Å². The molecule has 0 aliphatic rings. The molecule has 1 aromatic carbocycles. The highest BCUT2D eigenvalue weighted by molar-refractivity contribution is 5.96. The summed E-state index contributed by atoms with van der Waals surface area (Å²) in [6.45, 7) is 4.60. The number of aliphatic hydroxyl groups is 1. The van der Waals surface area contributed by atoms with E-state index in [-0.39, 0.29) is 24.7 Å². The zero-order valence-electron chi connectivity index (χ0n) is 33.3. The minimum atomic E-state index is -1.78. The predicted molar refractivity (Wildman–Crippen MR) is 207 cm³/mol. The van der Waals surface area contributed by atoms with Gasteiger partial charge in [-0.3, -0.25) is 43.2 Å². The zero-order chi connectivity index (χ0) is 44.8. The number of hydrogen-bond acceptors (Lipinski definition) is 12. The van der Waals surface area contributed by atoms with Gasteiger partial charge in [0.15, 0.2) is 0 Å². The summed E-state index contributed by atoms with van der Waals surface area (Å²) in [7, 11) is 0. The number of rotatable bonds is 27. The van der Waals surface area contributed by atoms with Crippen molar-refractivity contribution in [1.82, 2.24) is 37.2 Å². The highest BCUT2D eigenvalue weighted by Crippen LogP contribution is 2.09. The van der Waals surface area contributed by atoms with Crippen LogP contribution in [-0.2, 0) is 54.4 Å². The van der Waals surface area contributed by atoms with E-state index in [1.54, 1.807) is 51.1 Å². The van der Waals surface area contributed by atoms with Gasteiger partial charge in [-0.05, 0) is 30.2 Å². The van der Waals surface area contributed by atoms with Crippen molar-refractivity contribution in [3.05, 3.63) is 35.9 Å². The lowest BCUT2D eigenvalue weighted by atomic mass is 9.99. The van der Waals surface area contributed by atoms with Gasteiger partial charge in [0.1, 0.15) is 30.2 Å². The maximum atomic E-state index is 13.5. The first-order valence-electron chi connectivity index (χ1n) is 18.8. The average molecular weight is 837 g/mol. The van der Waals surface area contributed by atoms with Gasteiger partial charge in [0.25, 0.3) is 0 Å². The molecule has 0 saturated carbocycles. The van der Waals surface area contributed by atoms with Crippen LogP contribution in [0.1, 0.15) is 65.4 Å². The first kappa shape index (κ1) is 50.9. The molecule has 0 fully saturated rings. The summed E-state index contributed by atoms with van der Waals surface area (Å²) in [5, 5.41) is 53.3. The van der Waals surface area contributed by atoms with E-state index in [4.69, 9.17) is 10.8 Å². The van der Waals surface area contributed by atoms with Crippen LogP contribution in [0.3, 0.4) is 0 Å². The SMILES string of the molecule is CC[C@H](C)[C@H](N)C(=O)N[C@@H](CO)C(=O)NCC(=O)N[C@@H](CCC(=O)O)C(=O)N[C@@H](Cc1ccccc1)C(=O)NCC(=O)N[C@@H](CC(C)C)C(=O)N[C@@H](CC(=O)O)C(=O)O. The number of carbonyl (C=O) groups excluding carboxylic acids is 7. The fourth-order valence-electron chi connectivity index (χ4n) is 5.26. The van der Waals surface area contributed by atoms with Crippen LogP contribution in [0.4, 0.5) is 0 Å². The third kappa shape index (κ3) is 19.7. The second kappa shape index (κ2) is 26.0. The molecule has 0 aliphatic carbocycles. The van der Waals surface area contributed by atoms with Crippen LogP contribution in [0.2, 0.25) is 0 Å². The molecule has 0 unspecified atom stereocenters. The topological polar surface area (TPSA) is 362 Å². The minimum absolute atomic E-state index is 0.0103. The number of aliphatic hydroxyl groups excluding tert-OH is 1. The summed E-state index contributed by atoms with van der Waals surface area (Å²) in [6, 6.07) is -0.250. The third-order valence-electron chi connectivity index (χ3n) is 8.79.